The van der Waals surface area contributed by atoms with Crippen LogP contribution in [-0.2, 0) is 0 Å². The van der Waals surface area contributed by atoms with E-state index in [0.29, 0.717) is 6.61 Å². The Kier molecular flexibility index (Phi) is 10.6. The van der Waals surface area contributed by atoms with Gasteiger partial charge in [-0.3, -0.25) is 0 Å². The summed E-state index contributed by atoms with van der Waals surface area (Å²) in [7, 11) is 0. The maximum Gasteiger partial charge on any atom is 0.0567 e. The van der Waals surface area contributed by atoms with Crippen molar-refractivity contribution >= 4 is 59.6 Å². The van der Waals surface area contributed by atoms with Crippen LogP contribution in [-0.4, -0.2) is 67.3 Å². The molecule has 0 spiro atoms. The molecule has 0 aliphatic carbocycles. The Morgan fingerprint density at radius 3 is 2.13 bits per heavy atom. The number of rotatable bonds is 7. The van der Waals surface area contributed by atoms with E-state index in [0.717, 1.165) is 63.7 Å². The monoisotopic (exact) mass is 489 g/mol. The second kappa shape index (κ2) is 12.4. The van der Waals surface area contributed by atoms with E-state index in [9.17, 15) is 0 Å². The van der Waals surface area contributed by atoms with Crippen molar-refractivity contribution in [1.29, 1.82) is 0 Å². The van der Waals surface area contributed by atoms with Gasteiger partial charge in [-0.05, 0) is 49.7 Å². The molecule has 0 unspecified atom stereocenters. The Morgan fingerprint density at radius 2 is 1.43 bits per heavy atom. The second-order valence-electron chi connectivity index (χ2n) is 7.45. The van der Waals surface area contributed by atoms with E-state index >= 15 is 0 Å². The van der Waals surface area contributed by atoms with E-state index < -0.39 is 0 Å². The Balaban J connectivity index is 0.00000160. The first-order chi connectivity index (χ1) is 13.7. The number of nitrogens with zero attached hydrogens (tertiary/aromatic N) is 3. The van der Waals surface area contributed by atoms with Crippen molar-refractivity contribution in [3.05, 3.63) is 47.5 Å². The quantitative estimate of drug-likeness (QED) is 0.578. The van der Waals surface area contributed by atoms with Crippen LogP contribution < -0.4 is 4.90 Å². The molecule has 1 saturated heterocycles. The van der Waals surface area contributed by atoms with Gasteiger partial charge in [-0.1, -0.05) is 35.5 Å². The molecule has 0 amide bonds. The van der Waals surface area contributed by atoms with Gasteiger partial charge in [-0.2, -0.15) is 0 Å². The van der Waals surface area contributed by atoms with Gasteiger partial charge in [0.15, 0.2) is 0 Å². The Hall–Kier alpha value is -0.660. The Labute approximate surface area is 201 Å². The van der Waals surface area contributed by atoms with Gasteiger partial charge in [0.2, 0.25) is 0 Å². The number of benzene rings is 2. The predicted molar refractivity (Wildman–Crippen MR) is 133 cm³/mol. The van der Waals surface area contributed by atoms with Gasteiger partial charge >= 0.3 is 0 Å². The second-order valence-corrected chi connectivity index (χ2v) is 8.97. The van der Waals surface area contributed by atoms with Crippen molar-refractivity contribution in [1.82, 2.24) is 9.80 Å². The fourth-order valence-corrected chi connectivity index (χ4v) is 5.27. The van der Waals surface area contributed by atoms with Gasteiger partial charge in [0.25, 0.3) is 0 Å². The lowest BCUT2D eigenvalue weighted by Gasteiger charge is -2.36. The topological polar surface area (TPSA) is 30.0 Å². The van der Waals surface area contributed by atoms with Crippen LogP contribution in [0.25, 0.3) is 0 Å². The summed E-state index contributed by atoms with van der Waals surface area (Å²) in [6.45, 7) is 7.90. The van der Waals surface area contributed by atoms with E-state index in [2.05, 4.69) is 51.1 Å². The molecule has 1 N–H and O–H groups in total. The molecule has 2 aromatic rings. The van der Waals surface area contributed by atoms with Crippen LogP contribution in [0.2, 0.25) is 5.02 Å². The third-order valence-corrected chi connectivity index (χ3v) is 6.91. The molecule has 166 valence electrons. The minimum atomic E-state index is 0. The average Bonchev–Trinajstić information content (AvgIpc) is 2.73. The molecule has 0 atom stereocenters. The molecular weight excluding hydrogens is 461 g/mol. The lowest BCUT2D eigenvalue weighted by Crippen LogP contribution is -2.47. The highest BCUT2D eigenvalue weighted by molar-refractivity contribution is 7.99. The van der Waals surface area contributed by atoms with Crippen LogP contribution in [0, 0.1) is 0 Å². The zero-order chi connectivity index (χ0) is 19.3. The number of aliphatic hydroxyl groups is 1. The molecule has 2 aliphatic rings. The summed E-state index contributed by atoms with van der Waals surface area (Å²) < 4.78 is 0. The van der Waals surface area contributed by atoms with E-state index in [1.165, 1.54) is 21.2 Å². The highest BCUT2D eigenvalue weighted by Gasteiger charge is 2.23. The molecule has 0 aromatic heterocycles. The number of anilines is 2. The highest BCUT2D eigenvalue weighted by atomic mass is 35.5. The first kappa shape index (κ1) is 25.6. The maximum atomic E-state index is 8.99. The number of piperazine rings is 1. The molecule has 2 aliphatic heterocycles. The van der Waals surface area contributed by atoms with E-state index in [1.54, 1.807) is 0 Å². The largest absolute Gasteiger partial charge is 0.396 e. The van der Waals surface area contributed by atoms with Gasteiger partial charge in [0, 0.05) is 60.7 Å². The summed E-state index contributed by atoms with van der Waals surface area (Å²) in [6.07, 6.45) is 2.01. The van der Waals surface area contributed by atoms with E-state index in [-0.39, 0.29) is 24.8 Å². The zero-order valence-electron chi connectivity index (χ0n) is 17.0. The summed E-state index contributed by atoms with van der Waals surface area (Å²) in [5.74, 6) is 0. The Bertz CT molecular complexity index is 803. The van der Waals surface area contributed by atoms with E-state index in [1.807, 2.05) is 17.8 Å². The minimum absolute atomic E-state index is 0. The number of hydrogen-bond acceptors (Lipinski definition) is 5. The third kappa shape index (κ3) is 6.19. The number of fused-ring (bicyclic) bond motifs is 2. The number of aliphatic hydroxyl groups excluding tert-OH is 1. The SMILES string of the molecule is Cl.Cl.OCCCN1CCN(CCCN2c3ccccc3Sc3ccc(Cl)cc32)CC1. The fraction of sp³-hybridized carbons (Fsp3) is 0.455. The van der Waals surface area contributed by atoms with Gasteiger partial charge in [0.1, 0.15) is 0 Å². The summed E-state index contributed by atoms with van der Waals surface area (Å²) in [6, 6.07) is 14.9. The molecule has 30 heavy (non-hydrogen) atoms. The third-order valence-electron chi connectivity index (χ3n) is 5.54. The van der Waals surface area contributed by atoms with Gasteiger partial charge in [-0.15, -0.1) is 24.8 Å². The average molecular weight is 491 g/mol. The molecule has 2 aromatic carbocycles. The molecule has 2 heterocycles. The molecule has 4 nitrogen and oxygen atoms in total. The molecule has 1 fully saturated rings. The van der Waals surface area contributed by atoms with Crippen molar-refractivity contribution < 1.29 is 5.11 Å². The van der Waals surface area contributed by atoms with Gasteiger partial charge < -0.3 is 19.8 Å². The van der Waals surface area contributed by atoms with Crippen molar-refractivity contribution in [3.8, 4) is 0 Å². The first-order valence-corrected chi connectivity index (χ1v) is 11.3. The normalized spacial score (nSPS) is 16.3. The minimum Gasteiger partial charge on any atom is -0.396 e. The maximum absolute atomic E-state index is 8.99. The lowest BCUT2D eigenvalue weighted by molar-refractivity contribution is 0.124. The van der Waals surface area contributed by atoms with Crippen LogP contribution in [0.1, 0.15) is 12.8 Å². The summed E-state index contributed by atoms with van der Waals surface area (Å²) in [4.78, 5) is 10.1. The van der Waals surface area contributed by atoms with Crippen LogP contribution in [0.3, 0.4) is 0 Å². The first-order valence-electron chi connectivity index (χ1n) is 10.1. The summed E-state index contributed by atoms with van der Waals surface area (Å²) >= 11 is 8.14. The Morgan fingerprint density at radius 1 is 0.800 bits per heavy atom. The fourth-order valence-electron chi connectivity index (χ4n) is 4.03. The smallest absolute Gasteiger partial charge is 0.0567 e. The van der Waals surface area contributed by atoms with Crippen molar-refractivity contribution in [2.24, 2.45) is 0 Å². The molecule has 0 saturated carbocycles. The number of halogens is 3. The van der Waals surface area contributed by atoms with E-state index in [4.69, 9.17) is 16.7 Å². The zero-order valence-corrected chi connectivity index (χ0v) is 20.2. The highest BCUT2D eigenvalue weighted by Crippen LogP contribution is 2.48. The van der Waals surface area contributed by atoms with Gasteiger partial charge in [0.05, 0.1) is 11.4 Å². The molecule has 8 heteroatoms. The predicted octanol–water partition coefficient (Wildman–Crippen LogP) is 5.18. The lowest BCUT2D eigenvalue weighted by atomic mass is 10.2. The molecule has 4 rings (SSSR count). The van der Waals surface area contributed by atoms with Crippen molar-refractivity contribution in [3.63, 3.8) is 0 Å². The van der Waals surface area contributed by atoms with Crippen LogP contribution in [0.15, 0.2) is 52.3 Å². The standard InChI is InChI=1S/C22H28ClN3OS.2ClH/c23-18-7-8-22-20(17-18)26(19-5-1-2-6-21(19)28-22)11-3-9-24-12-14-25(15-13-24)10-4-16-27;;/h1-2,5-8,17,27H,3-4,9-16H2;2*1H. The number of para-hydroxylation sites is 1. The molecule has 0 radical (unpaired) electrons. The summed E-state index contributed by atoms with van der Waals surface area (Å²) in [5.41, 5.74) is 2.51. The molecule has 0 bridgehead atoms. The van der Waals surface area contributed by atoms with Gasteiger partial charge in [-0.25, -0.2) is 0 Å². The van der Waals surface area contributed by atoms with Crippen LogP contribution >= 0.6 is 48.2 Å². The van der Waals surface area contributed by atoms with Crippen molar-refractivity contribution in [2.45, 2.75) is 22.6 Å². The van der Waals surface area contributed by atoms with Crippen molar-refractivity contribution in [2.75, 3.05) is 57.3 Å². The number of hydrogen-bond donors (Lipinski definition) is 1. The molecular formula is C22H30Cl3N3OS. The van der Waals surface area contributed by atoms with Crippen LogP contribution in [0.4, 0.5) is 11.4 Å². The summed E-state index contributed by atoms with van der Waals surface area (Å²) in [5, 5.41) is 9.79. The van der Waals surface area contributed by atoms with Crippen LogP contribution in [0.5, 0.6) is 0 Å².